The predicted octanol–water partition coefficient (Wildman–Crippen LogP) is 4.59. The molecule has 2 N–H and O–H groups in total. The number of aliphatic hydroxyl groups excluding tert-OH is 1. The zero-order valence-corrected chi connectivity index (χ0v) is 18.8. The molecule has 1 fully saturated rings. The molecule has 0 saturated carbocycles. The van der Waals surface area contributed by atoms with Crippen LogP contribution >= 0.6 is 0 Å². The second kappa shape index (κ2) is 10.2. The average molecular weight is 459 g/mol. The first kappa shape index (κ1) is 23.0. The molecule has 4 rings (SSSR count). The minimum Gasteiger partial charge on any atom is -0.508 e. The Morgan fingerprint density at radius 1 is 1.09 bits per heavy atom. The van der Waals surface area contributed by atoms with Gasteiger partial charge in [-0.1, -0.05) is 43.7 Å². The molecule has 34 heavy (non-hydrogen) atoms. The summed E-state index contributed by atoms with van der Waals surface area (Å²) in [5.74, 6) is -1.12. The molecule has 3 aromatic rings. The number of phenols is 1. The van der Waals surface area contributed by atoms with E-state index in [1.165, 1.54) is 17.0 Å². The van der Waals surface area contributed by atoms with Gasteiger partial charge in [0.25, 0.3) is 11.7 Å². The summed E-state index contributed by atoms with van der Waals surface area (Å²) in [6, 6.07) is 15.8. The number of benzene rings is 2. The van der Waals surface area contributed by atoms with Crippen LogP contribution in [0.4, 0.5) is 0 Å². The molecule has 1 unspecified atom stereocenters. The summed E-state index contributed by atoms with van der Waals surface area (Å²) < 4.78 is 5.74. The number of amides is 1. The average Bonchev–Trinajstić information content (AvgIpc) is 3.10. The number of ketones is 1. The number of hydrogen-bond acceptors (Lipinski definition) is 6. The van der Waals surface area contributed by atoms with Crippen molar-refractivity contribution in [2.24, 2.45) is 0 Å². The minimum absolute atomic E-state index is 0.00899. The third kappa shape index (κ3) is 4.78. The van der Waals surface area contributed by atoms with E-state index in [0.29, 0.717) is 23.5 Å². The SMILES string of the molecule is CCCCOc1cccc(C(O)=C2C(=O)C(=O)N(Cc3cccnc3)C2c2ccc(O)cc2)c1. The number of pyridine rings is 1. The van der Waals surface area contributed by atoms with Crippen molar-refractivity contribution in [3.63, 3.8) is 0 Å². The van der Waals surface area contributed by atoms with E-state index in [1.54, 1.807) is 54.9 Å². The van der Waals surface area contributed by atoms with E-state index in [2.05, 4.69) is 11.9 Å². The van der Waals surface area contributed by atoms with Crippen LogP contribution in [0, 0.1) is 0 Å². The summed E-state index contributed by atoms with van der Waals surface area (Å²) >= 11 is 0. The molecule has 0 aliphatic carbocycles. The van der Waals surface area contributed by atoms with Gasteiger partial charge in [0.2, 0.25) is 0 Å². The number of nitrogens with zero attached hydrogens (tertiary/aromatic N) is 2. The molecule has 1 atom stereocenters. The number of unbranched alkanes of at least 4 members (excludes halogenated alkanes) is 1. The lowest BCUT2D eigenvalue weighted by molar-refractivity contribution is -0.140. The summed E-state index contributed by atoms with van der Waals surface area (Å²) in [4.78, 5) is 31.8. The van der Waals surface area contributed by atoms with Gasteiger partial charge in [-0.25, -0.2) is 0 Å². The minimum atomic E-state index is -0.828. The van der Waals surface area contributed by atoms with Crippen LogP contribution in [0.3, 0.4) is 0 Å². The Morgan fingerprint density at radius 3 is 2.59 bits per heavy atom. The normalized spacial score (nSPS) is 17.2. The fraction of sp³-hybridized carbons (Fsp3) is 0.222. The number of likely N-dealkylation sites (tertiary alicyclic amines) is 1. The second-order valence-corrected chi connectivity index (χ2v) is 8.11. The van der Waals surface area contributed by atoms with Gasteiger partial charge in [-0.3, -0.25) is 14.6 Å². The lowest BCUT2D eigenvalue weighted by Crippen LogP contribution is -2.29. The molecular weight excluding hydrogens is 432 g/mol. The molecule has 1 aliphatic heterocycles. The molecule has 1 saturated heterocycles. The van der Waals surface area contributed by atoms with E-state index in [0.717, 1.165) is 18.4 Å². The summed E-state index contributed by atoms with van der Waals surface area (Å²) in [6.45, 7) is 2.75. The topological polar surface area (TPSA) is 100.0 Å². The first-order chi connectivity index (χ1) is 16.5. The van der Waals surface area contributed by atoms with Crippen molar-refractivity contribution in [3.8, 4) is 11.5 Å². The molecule has 174 valence electrons. The highest BCUT2D eigenvalue weighted by atomic mass is 16.5. The summed E-state index contributed by atoms with van der Waals surface area (Å²) in [5.41, 5.74) is 1.72. The number of Topliss-reactive ketones (excluding diaryl/α,β-unsaturated/α-hetero) is 1. The number of hydrogen-bond donors (Lipinski definition) is 2. The maximum Gasteiger partial charge on any atom is 0.295 e. The fourth-order valence-corrected chi connectivity index (χ4v) is 3.96. The van der Waals surface area contributed by atoms with Gasteiger partial charge >= 0.3 is 0 Å². The van der Waals surface area contributed by atoms with Crippen molar-refractivity contribution in [2.75, 3.05) is 6.61 Å². The van der Waals surface area contributed by atoms with Crippen LogP contribution in [0.15, 0.2) is 78.6 Å². The molecule has 1 amide bonds. The van der Waals surface area contributed by atoms with E-state index in [-0.39, 0.29) is 23.6 Å². The van der Waals surface area contributed by atoms with Gasteiger partial charge in [0.1, 0.15) is 17.3 Å². The van der Waals surface area contributed by atoms with Gasteiger partial charge in [0.15, 0.2) is 0 Å². The Labute approximate surface area is 198 Å². The third-order valence-corrected chi connectivity index (χ3v) is 5.70. The Bertz CT molecular complexity index is 1210. The van der Waals surface area contributed by atoms with Crippen LogP contribution in [0.25, 0.3) is 5.76 Å². The van der Waals surface area contributed by atoms with E-state index in [1.807, 2.05) is 6.07 Å². The van der Waals surface area contributed by atoms with Crippen LogP contribution in [0.1, 0.15) is 42.5 Å². The smallest absolute Gasteiger partial charge is 0.295 e. The molecule has 1 aliphatic rings. The summed E-state index contributed by atoms with van der Waals surface area (Å²) in [7, 11) is 0. The Kier molecular flexibility index (Phi) is 6.92. The van der Waals surface area contributed by atoms with Crippen molar-refractivity contribution in [2.45, 2.75) is 32.4 Å². The number of ether oxygens (including phenoxy) is 1. The molecule has 7 heteroatoms. The van der Waals surface area contributed by atoms with Crippen molar-refractivity contribution >= 4 is 17.4 Å². The highest BCUT2D eigenvalue weighted by Crippen LogP contribution is 2.40. The van der Waals surface area contributed by atoms with Crippen LogP contribution in [0.5, 0.6) is 11.5 Å². The molecule has 0 radical (unpaired) electrons. The molecule has 0 bridgehead atoms. The van der Waals surface area contributed by atoms with Crippen LogP contribution < -0.4 is 4.74 Å². The molecule has 2 heterocycles. The second-order valence-electron chi connectivity index (χ2n) is 8.11. The number of carbonyl (C=O) groups excluding carboxylic acids is 2. The highest BCUT2D eigenvalue weighted by molar-refractivity contribution is 6.46. The monoisotopic (exact) mass is 458 g/mol. The van der Waals surface area contributed by atoms with E-state index in [4.69, 9.17) is 4.74 Å². The Balaban J connectivity index is 1.78. The van der Waals surface area contributed by atoms with Gasteiger partial charge in [-0.15, -0.1) is 0 Å². The van der Waals surface area contributed by atoms with Crippen molar-refractivity contribution in [3.05, 3.63) is 95.3 Å². The van der Waals surface area contributed by atoms with Crippen LogP contribution in [-0.2, 0) is 16.1 Å². The maximum absolute atomic E-state index is 13.2. The van der Waals surface area contributed by atoms with Crippen molar-refractivity contribution in [1.82, 2.24) is 9.88 Å². The van der Waals surface area contributed by atoms with Crippen molar-refractivity contribution in [1.29, 1.82) is 0 Å². The number of aromatic nitrogens is 1. The predicted molar refractivity (Wildman–Crippen MR) is 127 cm³/mol. The Morgan fingerprint density at radius 2 is 1.88 bits per heavy atom. The number of phenolic OH excluding ortho intramolecular Hbond substituents is 1. The van der Waals surface area contributed by atoms with E-state index < -0.39 is 17.7 Å². The van der Waals surface area contributed by atoms with Crippen LogP contribution in [-0.4, -0.2) is 38.4 Å². The number of aromatic hydroxyl groups is 1. The summed E-state index contributed by atoms with van der Waals surface area (Å²) in [6.07, 6.45) is 5.15. The standard InChI is InChI=1S/C27H26N2O5/c1-2-3-14-34-22-8-4-7-20(15-22)25(31)23-24(19-9-11-21(30)12-10-19)29(27(33)26(23)32)17-18-6-5-13-28-16-18/h4-13,15-16,24,30-31H,2-3,14,17H2,1H3. The zero-order valence-electron chi connectivity index (χ0n) is 18.8. The molecule has 1 aromatic heterocycles. The summed E-state index contributed by atoms with van der Waals surface area (Å²) in [5, 5.41) is 21.0. The quantitative estimate of drug-likeness (QED) is 0.222. The lowest BCUT2D eigenvalue weighted by atomic mass is 9.95. The van der Waals surface area contributed by atoms with Gasteiger partial charge in [-0.05, 0) is 47.9 Å². The number of rotatable bonds is 8. The highest BCUT2D eigenvalue weighted by Gasteiger charge is 2.46. The van der Waals surface area contributed by atoms with Gasteiger partial charge in [-0.2, -0.15) is 0 Å². The number of aliphatic hydroxyl groups is 1. The molecule has 0 spiro atoms. The van der Waals surface area contributed by atoms with E-state index >= 15 is 0 Å². The van der Waals surface area contributed by atoms with Gasteiger partial charge < -0.3 is 19.8 Å². The van der Waals surface area contributed by atoms with Crippen LogP contribution in [0.2, 0.25) is 0 Å². The maximum atomic E-state index is 13.2. The molecule has 7 nitrogen and oxygen atoms in total. The molecule has 2 aromatic carbocycles. The van der Waals surface area contributed by atoms with Crippen molar-refractivity contribution < 1.29 is 24.5 Å². The van der Waals surface area contributed by atoms with Gasteiger partial charge in [0, 0.05) is 24.5 Å². The number of carbonyl (C=O) groups is 2. The van der Waals surface area contributed by atoms with Gasteiger partial charge in [0.05, 0.1) is 18.2 Å². The first-order valence-electron chi connectivity index (χ1n) is 11.2. The third-order valence-electron chi connectivity index (χ3n) is 5.70. The fourth-order valence-electron chi connectivity index (χ4n) is 3.96. The lowest BCUT2D eigenvalue weighted by Gasteiger charge is -2.25. The molecular formula is C27H26N2O5. The Hall–Kier alpha value is -4.13. The zero-order chi connectivity index (χ0) is 24.1. The largest absolute Gasteiger partial charge is 0.508 e. The van der Waals surface area contributed by atoms with E-state index in [9.17, 15) is 19.8 Å². The first-order valence-corrected chi connectivity index (χ1v) is 11.2.